The maximum Gasteiger partial charge on any atom is 0.277 e. The lowest BCUT2D eigenvalue weighted by Gasteiger charge is -2.17. The van der Waals surface area contributed by atoms with E-state index in [0.29, 0.717) is 5.75 Å². The first-order valence-electron chi connectivity index (χ1n) is 7.54. The van der Waals surface area contributed by atoms with Crippen LogP contribution < -0.4 is 10.2 Å². The van der Waals surface area contributed by atoms with Crippen molar-refractivity contribution >= 4 is 27.5 Å². The van der Waals surface area contributed by atoms with Crippen molar-refractivity contribution in [2.45, 2.75) is 19.3 Å². The summed E-state index contributed by atoms with van der Waals surface area (Å²) >= 11 is 3.36. The fourth-order valence-electron chi connectivity index (χ4n) is 2.58. The highest BCUT2D eigenvalue weighted by Crippen LogP contribution is 2.21. The van der Waals surface area contributed by atoms with Crippen LogP contribution in [0.1, 0.15) is 24.0 Å². The van der Waals surface area contributed by atoms with Crippen LogP contribution in [0.25, 0.3) is 0 Å². The second kappa shape index (κ2) is 7.42. The molecule has 0 saturated heterocycles. The molecule has 1 aliphatic rings. The number of fused-ring (bicyclic) bond motifs is 1. The van der Waals surface area contributed by atoms with Crippen LogP contribution in [0.5, 0.6) is 5.75 Å². The Balaban J connectivity index is 1.59. The molecule has 0 spiro atoms. The highest BCUT2D eigenvalue weighted by atomic mass is 79.9. The molecule has 1 aliphatic carbocycles. The lowest BCUT2D eigenvalue weighted by Crippen LogP contribution is -2.26. The van der Waals surface area contributed by atoms with E-state index in [9.17, 15) is 4.79 Å². The van der Waals surface area contributed by atoms with Crippen molar-refractivity contribution in [2.75, 3.05) is 6.61 Å². The SMILES string of the molecule is O=C(COc1cccc(Br)c1)N/N=C1\CCCc2ccccc21. The molecule has 2 aromatic rings. The van der Waals surface area contributed by atoms with Crippen LogP contribution >= 0.6 is 15.9 Å². The Bertz CT molecular complexity index is 743. The number of hydrazone groups is 1. The van der Waals surface area contributed by atoms with E-state index in [0.717, 1.165) is 35.0 Å². The van der Waals surface area contributed by atoms with Crippen molar-refractivity contribution in [3.8, 4) is 5.75 Å². The van der Waals surface area contributed by atoms with Gasteiger partial charge in [0.1, 0.15) is 5.75 Å². The summed E-state index contributed by atoms with van der Waals surface area (Å²) in [7, 11) is 0. The molecule has 1 N–H and O–H groups in total. The van der Waals surface area contributed by atoms with Gasteiger partial charge in [-0.05, 0) is 43.0 Å². The summed E-state index contributed by atoms with van der Waals surface area (Å²) in [6, 6.07) is 15.6. The number of aryl methyl sites for hydroxylation is 1. The van der Waals surface area contributed by atoms with Gasteiger partial charge < -0.3 is 4.74 Å². The Hall–Kier alpha value is -2.14. The summed E-state index contributed by atoms with van der Waals surface area (Å²) in [4.78, 5) is 11.9. The van der Waals surface area contributed by atoms with Gasteiger partial charge in [0, 0.05) is 10.0 Å². The first kappa shape index (κ1) is 15.7. The molecule has 0 unspecified atom stereocenters. The topological polar surface area (TPSA) is 50.7 Å². The van der Waals surface area contributed by atoms with Crippen LogP contribution in [0.3, 0.4) is 0 Å². The molecule has 0 saturated carbocycles. The average Bonchev–Trinajstić information content (AvgIpc) is 2.58. The third-order valence-corrected chi connectivity index (χ3v) is 4.16. The zero-order valence-corrected chi connectivity index (χ0v) is 14.2. The minimum Gasteiger partial charge on any atom is -0.484 e. The van der Waals surface area contributed by atoms with E-state index >= 15 is 0 Å². The molecule has 0 radical (unpaired) electrons. The van der Waals surface area contributed by atoms with Gasteiger partial charge in [-0.2, -0.15) is 5.10 Å². The maximum absolute atomic E-state index is 11.9. The van der Waals surface area contributed by atoms with Gasteiger partial charge >= 0.3 is 0 Å². The van der Waals surface area contributed by atoms with E-state index in [-0.39, 0.29) is 12.5 Å². The van der Waals surface area contributed by atoms with Gasteiger partial charge in [0.2, 0.25) is 0 Å². The van der Waals surface area contributed by atoms with E-state index < -0.39 is 0 Å². The second-order valence-electron chi connectivity index (χ2n) is 5.35. The van der Waals surface area contributed by atoms with Gasteiger partial charge in [-0.25, -0.2) is 5.43 Å². The Morgan fingerprint density at radius 3 is 2.91 bits per heavy atom. The van der Waals surface area contributed by atoms with Gasteiger partial charge in [-0.1, -0.05) is 46.3 Å². The Morgan fingerprint density at radius 2 is 2.04 bits per heavy atom. The van der Waals surface area contributed by atoms with E-state index in [1.807, 2.05) is 30.3 Å². The Labute approximate surface area is 143 Å². The molecule has 0 atom stereocenters. The number of carbonyl (C=O) groups is 1. The molecule has 2 aromatic carbocycles. The highest BCUT2D eigenvalue weighted by molar-refractivity contribution is 9.10. The molecule has 1 amide bonds. The molecule has 4 nitrogen and oxygen atoms in total. The average molecular weight is 373 g/mol. The number of nitrogens with one attached hydrogen (secondary N) is 1. The molecule has 0 heterocycles. The quantitative estimate of drug-likeness (QED) is 0.832. The number of rotatable bonds is 4. The van der Waals surface area contributed by atoms with Gasteiger partial charge in [0.15, 0.2) is 6.61 Å². The van der Waals surface area contributed by atoms with E-state index in [4.69, 9.17) is 4.74 Å². The van der Waals surface area contributed by atoms with Crippen LogP contribution in [0.2, 0.25) is 0 Å². The van der Waals surface area contributed by atoms with E-state index in [2.05, 4.69) is 38.6 Å². The number of nitrogens with zero attached hydrogens (tertiary/aromatic N) is 1. The normalized spacial score (nSPS) is 15.1. The minimum absolute atomic E-state index is 0.0606. The summed E-state index contributed by atoms with van der Waals surface area (Å²) in [5, 5.41) is 4.28. The third kappa shape index (κ3) is 4.20. The third-order valence-electron chi connectivity index (χ3n) is 3.67. The molecule has 0 fully saturated rings. The zero-order valence-electron chi connectivity index (χ0n) is 12.6. The molecular weight excluding hydrogens is 356 g/mol. The first-order valence-corrected chi connectivity index (χ1v) is 8.34. The van der Waals surface area contributed by atoms with Crippen LogP contribution in [0, 0.1) is 0 Å². The van der Waals surface area contributed by atoms with Crippen LogP contribution in [0.4, 0.5) is 0 Å². The predicted molar refractivity (Wildman–Crippen MR) is 93.7 cm³/mol. The second-order valence-corrected chi connectivity index (χ2v) is 6.27. The lowest BCUT2D eigenvalue weighted by atomic mass is 9.90. The Kier molecular flexibility index (Phi) is 5.08. The van der Waals surface area contributed by atoms with Crippen molar-refractivity contribution in [1.29, 1.82) is 0 Å². The molecule has 0 aliphatic heterocycles. The predicted octanol–water partition coefficient (Wildman–Crippen LogP) is 3.68. The molecule has 23 heavy (non-hydrogen) atoms. The zero-order chi connectivity index (χ0) is 16.1. The van der Waals surface area contributed by atoms with Crippen LogP contribution in [-0.2, 0) is 11.2 Å². The maximum atomic E-state index is 11.9. The van der Waals surface area contributed by atoms with Crippen molar-refractivity contribution < 1.29 is 9.53 Å². The largest absolute Gasteiger partial charge is 0.484 e. The van der Waals surface area contributed by atoms with Crippen molar-refractivity contribution in [3.63, 3.8) is 0 Å². The smallest absolute Gasteiger partial charge is 0.277 e. The summed E-state index contributed by atoms with van der Waals surface area (Å²) < 4.78 is 6.36. The van der Waals surface area contributed by atoms with Crippen molar-refractivity contribution in [3.05, 3.63) is 64.1 Å². The minimum atomic E-state index is -0.263. The Morgan fingerprint density at radius 1 is 1.17 bits per heavy atom. The fraction of sp³-hybridized carbons (Fsp3) is 0.222. The van der Waals surface area contributed by atoms with Gasteiger partial charge in [-0.3, -0.25) is 4.79 Å². The summed E-state index contributed by atoms with van der Waals surface area (Å²) in [5.74, 6) is 0.380. The monoisotopic (exact) mass is 372 g/mol. The number of halogens is 1. The van der Waals surface area contributed by atoms with Crippen molar-refractivity contribution in [2.24, 2.45) is 5.10 Å². The van der Waals surface area contributed by atoms with Crippen LogP contribution in [-0.4, -0.2) is 18.2 Å². The molecule has 3 rings (SSSR count). The standard InChI is InChI=1S/C18H17BrN2O2/c19-14-7-4-8-15(11-14)23-12-18(22)21-20-17-10-3-6-13-5-1-2-9-16(13)17/h1-2,4-5,7-9,11H,3,6,10,12H2,(H,21,22)/b20-17+. The molecule has 0 aromatic heterocycles. The van der Waals surface area contributed by atoms with Crippen LogP contribution in [0.15, 0.2) is 58.1 Å². The summed E-state index contributed by atoms with van der Waals surface area (Å²) in [6.45, 7) is -0.0606. The molecule has 5 heteroatoms. The summed E-state index contributed by atoms with van der Waals surface area (Å²) in [6.07, 6.45) is 3.00. The van der Waals surface area contributed by atoms with Gasteiger partial charge in [0.25, 0.3) is 5.91 Å². The van der Waals surface area contributed by atoms with E-state index in [1.165, 1.54) is 5.56 Å². The van der Waals surface area contributed by atoms with Gasteiger partial charge in [-0.15, -0.1) is 0 Å². The summed E-state index contributed by atoms with van der Waals surface area (Å²) in [5.41, 5.74) is 5.94. The fourth-order valence-corrected chi connectivity index (χ4v) is 2.96. The number of carbonyl (C=O) groups excluding carboxylic acids is 1. The molecular formula is C18H17BrN2O2. The lowest BCUT2D eigenvalue weighted by molar-refractivity contribution is -0.123. The van der Waals surface area contributed by atoms with E-state index in [1.54, 1.807) is 6.07 Å². The number of amides is 1. The molecule has 0 bridgehead atoms. The highest BCUT2D eigenvalue weighted by Gasteiger charge is 2.15. The number of hydrogen-bond donors (Lipinski definition) is 1. The van der Waals surface area contributed by atoms with Gasteiger partial charge in [0.05, 0.1) is 5.71 Å². The number of benzene rings is 2. The number of hydrogen-bond acceptors (Lipinski definition) is 3. The van der Waals surface area contributed by atoms with Crippen molar-refractivity contribution in [1.82, 2.24) is 5.43 Å². The first-order chi connectivity index (χ1) is 11.2. The molecule has 118 valence electrons. The number of ether oxygens (including phenoxy) is 1.